The van der Waals surface area contributed by atoms with E-state index in [-0.39, 0.29) is 0 Å². The molecule has 0 aromatic heterocycles. The molecule has 4 heteroatoms. The number of ether oxygens (including phenoxy) is 2. The van der Waals surface area contributed by atoms with Crippen molar-refractivity contribution >= 4 is 6.29 Å². The van der Waals surface area contributed by atoms with Crippen molar-refractivity contribution < 1.29 is 14.3 Å². The third kappa shape index (κ3) is 5.22. The normalized spacial score (nSPS) is 10.5. The first-order chi connectivity index (χ1) is 10.7. The fourth-order valence-electron chi connectivity index (χ4n) is 1.93. The molecule has 0 atom stereocenters. The van der Waals surface area contributed by atoms with Gasteiger partial charge in [0.2, 0.25) is 0 Å². The standard InChI is InChI=1S/C18H21NO3/c1-19(2)12-3-13-21-16-8-10-18(11-9-16)22-17-6-4-15(14-20)5-7-17/h4-11,14H,3,12-13H2,1-2H3. The summed E-state index contributed by atoms with van der Waals surface area (Å²) >= 11 is 0. The predicted octanol–water partition coefficient (Wildman–Crippen LogP) is 3.62. The Bertz CT molecular complexity index is 576. The van der Waals surface area contributed by atoms with E-state index in [0.717, 1.165) is 30.8 Å². The second-order valence-electron chi connectivity index (χ2n) is 5.27. The van der Waals surface area contributed by atoms with Gasteiger partial charge in [-0.3, -0.25) is 4.79 Å². The zero-order valence-electron chi connectivity index (χ0n) is 13.0. The van der Waals surface area contributed by atoms with Crippen molar-refractivity contribution in [3.8, 4) is 17.2 Å². The molecular weight excluding hydrogens is 278 g/mol. The summed E-state index contributed by atoms with van der Waals surface area (Å²) < 4.78 is 11.4. The quantitative estimate of drug-likeness (QED) is 0.551. The van der Waals surface area contributed by atoms with Crippen LogP contribution in [-0.4, -0.2) is 38.4 Å². The lowest BCUT2D eigenvalue weighted by atomic mass is 10.2. The van der Waals surface area contributed by atoms with Gasteiger partial charge in [0.05, 0.1) is 6.61 Å². The number of rotatable bonds is 8. The van der Waals surface area contributed by atoms with Crippen molar-refractivity contribution in [3.05, 3.63) is 54.1 Å². The average Bonchev–Trinajstić information content (AvgIpc) is 2.54. The van der Waals surface area contributed by atoms with Gasteiger partial charge in [-0.1, -0.05) is 0 Å². The van der Waals surface area contributed by atoms with Crippen LogP contribution in [0.4, 0.5) is 0 Å². The first kappa shape index (κ1) is 16.0. The SMILES string of the molecule is CN(C)CCCOc1ccc(Oc2ccc(C=O)cc2)cc1. The smallest absolute Gasteiger partial charge is 0.150 e. The second-order valence-corrected chi connectivity index (χ2v) is 5.27. The van der Waals surface area contributed by atoms with Gasteiger partial charge in [0, 0.05) is 12.1 Å². The molecular formula is C18H21NO3. The van der Waals surface area contributed by atoms with Crippen LogP contribution in [0.5, 0.6) is 17.2 Å². The fraction of sp³-hybridized carbons (Fsp3) is 0.278. The van der Waals surface area contributed by atoms with Crippen molar-refractivity contribution in [2.24, 2.45) is 0 Å². The highest BCUT2D eigenvalue weighted by molar-refractivity contribution is 5.74. The molecule has 0 radical (unpaired) electrons. The molecule has 2 rings (SSSR count). The van der Waals surface area contributed by atoms with Crippen LogP contribution in [0.2, 0.25) is 0 Å². The molecule has 0 fully saturated rings. The number of carbonyl (C=O) groups excluding carboxylic acids is 1. The van der Waals surface area contributed by atoms with Gasteiger partial charge < -0.3 is 14.4 Å². The fourth-order valence-corrected chi connectivity index (χ4v) is 1.93. The summed E-state index contributed by atoms with van der Waals surface area (Å²) in [5, 5.41) is 0. The summed E-state index contributed by atoms with van der Waals surface area (Å²) in [6, 6.07) is 14.5. The van der Waals surface area contributed by atoms with E-state index in [0.29, 0.717) is 17.9 Å². The average molecular weight is 299 g/mol. The van der Waals surface area contributed by atoms with Gasteiger partial charge in [-0.25, -0.2) is 0 Å². The van der Waals surface area contributed by atoms with Crippen LogP contribution in [0.15, 0.2) is 48.5 Å². The molecule has 0 amide bonds. The molecule has 116 valence electrons. The summed E-state index contributed by atoms with van der Waals surface area (Å²) in [7, 11) is 4.10. The minimum absolute atomic E-state index is 0.633. The topological polar surface area (TPSA) is 38.8 Å². The second kappa shape index (κ2) is 8.20. The number of nitrogens with zero attached hydrogens (tertiary/aromatic N) is 1. The Hall–Kier alpha value is -2.33. The van der Waals surface area contributed by atoms with Gasteiger partial charge in [-0.05, 0) is 69.0 Å². The number of benzene rings is 2. The maximum Gasteiger partial charge on any atom is 0.150 e. The van der Waals surface area contributed by atoms with Gasteiger partial charge in [0.1, 0.15) is 23.5 Å². The van der Waals surface area contributed by atoms with Gasteiger partial charge >= 0.3 is 0 Å². The van der Waals surface area contributed by atoms with Crippen molar-refractivity contribution in [2.75, 3.05) is 27.2 Å². The molecule has 2 aromatic carbocycles. The van der Waals surface area contributed by atoms with E-state index < -0.39 is 0 Å². The largest absolute Gasteiger partial charge is 0.494 e. The summed E-state index contributed by atoms with van der Waals surface area (Å²) in [6.07, 6.45) is 1.81. The molecule has 4 nitrogen and oxygen atoms in total. The zero-order valence-corrected chi connectivity index (χ0v) is 13.0. The molecule has 0 N–H and O–H groups in total. The minimum atomic E-state index is 0.633. The highest BCUT2D eigenvalue weighted by Crippen LogP contribution is 2.24. The number of hydrogen-bond acceptors (Lipinski definition) is 4. The number of carbonyl (C=O) groups is 1. The van der Waals surface area contributed by atoms with E-state index in [1.807, 2.05) is 38.4 Å². The van der Waals surface area contributed by atoms with E-state index in [2.05, 4.69) is 4.90 Å². The molecule has 0 aliphatic carbocycles. The Balaban J connectivity index is 1.84. The zero-order chi connectivity index (χ0) is 15.8. The molecule has 0 bridgehead atoms. The van der Waals surface area contributed by atoms with E-state index in [1.165, 1.54) is 0 Å². The summed E-state index contributed by atoms with van der Waals surface area (Å²) in [5.41, 5.74) is 0.633. The molecule has 0 saturated heterocycles. The van der Waals surface area contributed by atoms with Crippen molar-refractivity contribution in [1.29, 1.82) is 0 Å². The Labute approximate surface area is 131 Å². The van der Waals surface area contributed by atoms with Crippen LogP contribution in [0, 0.1) is 0 Å². The van der Waals surface area contributed by atoms with Crippen molar-refractivity contribution in [1.82, 2.24) is 4.90 Å². The highest BCUT2D eigenvalue weighted by atomic mass is 16.5. The molecule has 2 aromatic rings. The molecule has 0 saturated carbocycles. The van der Waals surface area contributed by atoms with E-state index >= 15 is 0 Å². The maximum atomic E-state index is 10.6. The van der Waals surface area contributed by atoms with Crippen LogP contribution in [0.25, 0.3) is 0 Å². The molecule has 0 unspecified atom stereocenters. The predicted molar refractivity (Wildman–Crippen MR) is 87.0 cm³/mol. The lowest BCUT2D eigenvalue weighted by Crippen LogP contribution is -2.15. The highest BCUT2D eigenvalue weighted by Gasteiger charge is 2.00. The Morgan fingerprint density at radius 3 is 2.00 bits per heavy atom. The summed E-state index contributed by atoms with van der Waals surface area (Å²) in [5.74, 6) is 2.27. The van der Waals surface area contributed by atoms with Gasteiger partial charge in [-0.2, -0.15) is 0 Å². The monoisotopic (exact) mass is 299 g/mol. The van der Waals surface area contributed by atoms with E-state index in [4.69, 9.17) is 9.47 Å². The van der Waals surface area contributed by atoms with Crippen LogP contribution in [0.1, 0.15) is 16.8 Å². The Morgan fingerprint density at radius 1 is 0.909 bits per heavy atom. The number of aldehydes is 1. The lowest BCUT2D eigenvalue weighted by molar-refractivity contribution is 0.112. The van der Waals surface area contributed by atoms with Gasteiger partial charge in [-0.15, -0.1) is 0 Å². The van der Waals surface area contributed by atoms with Crippen molar-refractivity contribution in [3.63, 3.8) is 0 Å². The van der Waals surface area contributed by atoms with Crippen LogP contribution >= 0.6 is 0 Å². The van der Waals surface area contributed by atoms with Crippen LogP contribution < -0.4 is 9.47 Å². The molecule has 0 spiro atoms. The van der Waals surface area contributed by atoms with Gasteiger partial charge in [0.25, 0.3) is 0 Å². The molecule has 0 aliphatic heterocycles. The number of hydrogen-bond donors (Lipinski definition) is 0. The minimum Gasteiger partial charge on any atom is -0.494 e. The van der Waals surface area contributed by atoms with E-state index in [1.54, 1.807) is 24.3 Å². The molecule has 22 heavy (non-hydrogen) atoms. The third-order valence-corrected chi connectivity index (χ3v) is 3.09. The first-order valence-electron chi connectivity index (χ1n) is 7.28. The molecule has 0 heterocycles. The Kier molecular flexibility index (Phi) is 5.98. The van der Waals surface area contributed by atoms with Crippen LogP contribution in [-0.2, 0) is 0 Å². The third-order valence-electron chi connectivity index (χ3n) is 3.09. The Morgan fingerprint density at radius 2 is 1.45 bits per heavy atom. The van der Waals surface area contributed by atoms with Crippen LogP contribution in [0.3, 0.4) is 0 Å². The summed E-state index contributed by atoms with van der Waals surface area (Å²) in [4.78, 5) is 12.7. The maximum absolute atomic E-state index is 10.6. The summed E-state index contributed by atoms with van der Waals surface area (Å²) in [6.45, 7) is 1.71. The molecule has 0 aliphatic rings. The first-order valence-corrected chi connectivity index (χ1v) is 7.28. The lowest BCUT2D eigenvalue weighted by Gasteiger charge is -2.11. The van der Waals surface area contributed by atoms with Gasteiger partial charge in [0.15, 0.2) is 0 Å². The van der Waals surface area contributed by atoms with E-state index in [9.17, 15) is 4.79 Å². The van der Waals surface area contributed by atoms with Crippen molar-refractivity contribution in [2.45, 2.75) is 6.42 Å².